The van der Waals surface area contributed by atoms with Gasteiger partial charge in [0, 0.05) is 30.9 Å². The third-order valence-electron chi connectivity index (χ3n) is 3.05. The smallest absolute Gasteiger partial charge is 0.110 e. The van der Waals surface area contributed by atoms with E-state index >= 15 is 0 Å². The summed E-state index contributed by atoms with van der Waals surface area (Å²) in [5, 5.41) is 0. The van der Waals surface area contributed by atoms with E-state index in [1.165, 1.54) is 5.69 Å². The van der Waals surface area contributed by atoms with Crippen molar-refractivity contribution in [2.45, 2.75) is 25.4 Å². The van der Waals surface area contributed by atoms with Crippen molar-refractivity contribution < 1.29 is 0 Å². The topological polar surface area (TPSA) is 56.7 Å². The van der Waals surface area contributed by atoms with Crippen molar-refractivity contribution in [3.63, 3.8) is 0 Å². The first-order chi connectivity index (χ1) is 7.84. The number of aryl methyl sites for hydroxylation is 1. The number of hydrogen-bond acceptors (Lipinski definition) is 3. The molecule has 0 saturated heterocycles. The summed E-state index contributed by atoms with van der Waals surface area (Å²) in [4.78, 5) is 8.79. The molecular formula is C12H14N4. The van der Waals surface area contributed by atoms with Crippen LogP contribution in [0.4, 0.5) is 0 Å². The van der Waals surface area contributed by atoms with Gasteiger partial charge in [-0.25, -0.2) is 4.98 Å². The van der Waals surface area contributed by atoms with Crippen LogP contribution in [-0.2, 0) is 13.0 Å². The van der Waals surface area contributed by atoms with Gasteiger partial charge in [0.15, 0.2) is 0 Å². The Balaban J connectivity index is 2.07. The summed E-state index contributed by atoms with van der Waals surface area (Å²) >= 11 is 0. The number of imidazole rings is 1. The Morgan fingerprint density at radius 3 is 3.06 bits per heavy atom. The number of aromatic nitrogens is 3. The first kappa shape index (κ1) is 9.54. The van der Waals surface area contributed by atoms with Crippen LogP contribution in [0.25, 0.3) is 11.4 Å². The number of rotatable bonds is 1. The van der Waals surface area contributed by atoms with Crippen LogP contribution in [0.1, 0.15) is 12.1 Å². The Bertz CT molecular complexity index is 489. The first-order valence-electron chi connectivity index (χ1n) is 5.55. The lowest BCUT2D eigenvalue weighted by Crippen LogP contribution is -2.30. The molecule has 0 bridgehead atoms. The normalized spacial score (nSPS) is 19.4. The van der Waals surface area contributed by atoms with Gasteiger partial charge < -0.3 is 10.3 Å². The quantitative estimate of drug-likeness (QED) is 0.776. The number of hydrogen-bond donors (Lipinski definition) is 1. The lowest BCUT2D eigenvalue weighted by Gasteiger charge is -2.20. The van der Waals surface area contributed by atoms with E-state index in [0.29, 0.717) is 0 Å². The molecule has 3 heterocycles. The fraction of sp³-hybridized carbons (Fsp3) is 0.333. The van der Waals surface area contributed by atoms with Crippen LogP contribution in [0.3, 0.4) is 0 Å². The summed E-state index contributed by atoms with van der Waals surface area (Å²) < 4.78 is 2.19. The molecule has 0 saturated carbocycles. The Morgan fingerprint density at radius 1 is 1.31 bits per heavy atom. The Labute approximate surface area is 94.1 Å². The highest BCUT2D eigenvalue weighted by Gasteiger charge is 2.20. The van der Waals surface area contributed by atoms with E-state index in [1.54, 1.807) is 6.20 Å². The summed E-state index contributed by atoms with van der Waals surface area (Å²) in [5.74, 6) is 0. The number of nitrogens with two attached hydrogens (primary N) is 1. The molecule has 1 atom stereocenters. The van der Waals surface area contributed by atoms with Gasteiger partial charge in [-0.3, -0.25) is 4.98 Å². The van der Waals surface area contributed by atoms with Crippen LogP contribution in [0.15, 0.2) is 30.7 Å². The van der Waals surface area contributed by atoms with Crippen molar-refractivity contribution in [3.05, 3.63) is 36.4 Å². The van der Waals surface area contributed by atoms with Crippen LogP contribution in [0, 0.1) is 0 Å². The standard InChI is InChI=1S/C12H14N4/c13-9-4-6-16-8-15-12(11(16)7-9)10-3-1-2-5-14-10/h1-3,5,8-9H,4,6-7,13H2. The highest BCUT2D eigenvalue weighted by molar-refractivity contribution is 5.57. The van der Waals surface area contributed by atoms with E-state index in [1.807, 2.05) is 24.5 Å². The van der Waals surface area contributed by atoms with Crippen molar-refractivity contribution in [3.8, 4) is 11.4 Å². The van der Waals surface area contributed by atoms with Crippen molar-refractivity contribution >= 4 is 0 Å². The molecule has 2 aromatic rings. The van der Waals surface area contributed by atoms with Gasteiger partial charge >= 0.3 is 0 Å². The molecule has 2 aromatic heterocycles. The maximum absolute atomic E-state index is 5.99. The zero-order valence-electron chi connectivity index (χ0n) is 9.00. The molecule has 0 radical (unpaired) electrons. The van der Waals surface area contributed by atoms with Crippen LogP contribution in [0.2, 0.25) is 0 Å². The Morgan fingerprint density at radius 2 is 2.25 bits per heavy atom. The molecule has 4 nitrogen and oxygen atoms in total. The lowest BCUT2D eigenvalue weighted by atomic mass is 10.0. The Kier molecular flexibility index (Phi) is 2.22. The number of nitrogens with zero attached hydrogens (tertiary/aromatic N) is 3. The van der Waals surface area contributed by atoms with Crippen LogP contribution < -0.4 is 5.73 Å². The van der Waals surface area contributed by atoms with Gasteiger partial charge in [-0.2, -0.15) is 0 Å². The summed E-state index contributed by atoms with van der Waals surface area (Å²) in [5.41, 5.74) is 9.13. The van der Waals surface area contributed by atoms with Gasteiger partial charge in [-0.15, -0.1) is 0 Å². The van der Waals surface area contributed by atoms with E-state index in [0.717, 1.165) is 30.8 Å². The monoisotopic (exact) mass is 214 g/mol. The second-order valence-electron chi connectivity index (χ2n) is 4.20. The van der Waals surface area contributed by atoms with E-state index in [2.05, 4.69) is 14.5 Å². The lowest BCUT2D eigenvalue weighted by molar-refractivity contribution is 0.472. The molecule has 1 unspecified atom stereocenters. The minimum Gasteiger partial charge on any atom is -0.334 e. The predicted octanol–water partition coefficient (Wildman–Crippen LogP) is 1.22. The molecule has 0 spiro atoms. The van der Waals surface area contributed by atoms with Crippen LogP contribution in [0.5, 0.6) is 0 Å². The predicted molar refractivity (Wildman–Crippen MR) is 61.8 cm³/mol. The summed E-state index contributed by atoms with van der Waals surface area (Å²) in [7, 11) is 0. The second-order valence-corrected chi connectivity index (χ2v) is 4.20. The highest BCUT2D eigenvalue weighted by atomic mass is 15.1. The van der Waals surface area contributed by atoms with E-state index < -0.39 is 0 Å². The van der Waals surface area contributed by atoms with Crippen LogP contribution in [-0.4, -0.2) is 20.6 Å². The van der Waals surface area contributed by atoms with Gasteiger partial charge in [0.05, 0.1) is 12.0 Å². The van der Waals surface area contributed by atoms with Gasteiger partial charge in [0.1, 0.15) is 5.69 Å². The molecule has 1 aliphatic rings. The molecule has 4 heteroatoms. The Hall–Kier alpha value is -1.68. The number of fused-ring (bicyclic) bond motifs is 1. The highest BCUT2D eigenvalue weighted by Crippen LogP contribution is 2.24. The molecule has 1 aliphatic heterocycles. The van der Waals surface area contributed by atoms with Crippen molar-refractivity contribution in [2.75, 3.05) is 0 Å². The maximum atomic E-state index is 5.99. The van der Waals surface area contributed by atoms with Gasteiger partial charge in [0.25, 0.3) is 0 Å². The summed E-state index contributed by atoms with van der Waals surface area (Å²) in [6.07, 6.45) is 5.62. The molecule has 16 heavy (non-hydrogen) atoms. The van der Waals surface area contributed by atoms with Gasteiger partial charge in [-0.05, 0) is 18.6 Å². The fourth-order valence-electron chi connectivity index (χ4n) is 2.19. The molecule has 0 aliphatic carbocycles. The summed E-state index contributed by atoms with van der Waals surface area (Å²) in [6.45, 7) is 0.969. The zero-order chi connectivity index (χ0) is 11.0. The van der Waals surface area contributed by atoms with Crippen LogP contribution >= 0.6 is 0 Å². The minimum atomic E-state index is 0.256. The molecule has 0 fully saturated rings. The molecule has 0 amide bonds. The van der Waals surface area contributed by atoms with E-state index in [4.69, 9.17) is 5.73 Å². The number of pyridine rings is 1. The van der Waals surface area contributed by atoms with E-state index in [-0.39, 0.29) is 6.04 Å². The largest absolute Gasteiger partial charge is 0.334 e. The first-order valence-corrected chi connectivity index (χ1v) is 5.55. The van der Waals surface area contributed by atoms with Crippen molar-refractivity contribution in [1.29, 1.82) is 0 Å². The molecule has 0 aromatic carbocycles. The average Bonchev–Trinajstić information content (AvgIpc) is 2.73. The SMILES string of the molecule is NC1CCn2cnc(-c3ccccn3)c2C1. The zero-order valence-corrected chi connectivity index (χ0v) is 9.00. The van der Waals surface area contributed by atoms with Gasteiger partial charge in [0.2, 0.25) is 0 Å². The molecule has 82 valence electrons. The minimum absolute atomic E-state index is 0.256. The third kappa shape index (κ3) is 1.51. The third-order valence-corrected chi connectivity index (χ3v) is 3.05. The average molecular weight is 214 g/mol. The van der Waals surface area contributed by atoms with E-state index in [9.17, 15) is 0 Å². The maximum Gasteiger partial charge on any atom is 0.110 e. The second kappa shape index (κ2) is 3.72. The van der Waals surface area contributed by atoms with Crippen molar-refractivity contribution in [2.24, 2.45) is 5.73 Å². The molecule has 2 N–H and O–H groups in total. The summed E-state index contributed by atoms with van der Waals surface area (Å²) in [6, 6.07) is 6.14. The molecular weight excluding hydrogens is 200 g/mol. The molecule has 3 rings (SSSR count). The fourth-order valence-corrected chi connectivity index (χ4v) is 2.19. The van der Waals surface area contributed by atoms with Gasteiger partial charge in [-0.1, -0.05) is 6.07 Å². The van der Waals surface area contributed by atoms with Crippen molar-refractivity contribution in [1.82, 2.24) is 14.5 Å².